The summed E-state index contributed by atoms with van der Waals surface area (Å²) in [7, 11) is -3.94. The van der Waals surface area contributed by atoms with Gasteiger partial charge in [0.15, 0.2) is 33.0 Å². The molecular formula is C31H26F5N3O6S. The van der Waals surface area contributed by atoms with Crippen molar-refractivity contribution in [2.45, 2.75) is 45.5 Å². The molecule has 2 heterocycles. The van der Waals surface area contributed by atoms with Gasteiger partial charge in [0.25, 0.3) is 0 Å². The summed E-state index contributed by atoms with van der Waals surface area (Å²) in [6, 6.07) is 10.6. The Morgan fingerprint density at radius 3 is 2.17 bits per heavy atom. The van der Waals surface area contributed by atoms with Gasteiger partial charge in [-0.1, -0.05) is 6.07 Å². The number of benzene rings is 3. The van der Waals surface area contributed by atoms with Gasteiger partial charge in [0.1, 0.15) is 17.3 Å². The minimum Gasteiger partial charge on any atom is -0.440 e. The third kappa shape index (κ3) is 6.60. The molecule has 2 aromatic heterocycles. The predicted molar refractivity (Wildman–Crippen MR) is 156 cm³/mol. The lowest BCUT2D eigenvalue weighted by atomic mass is 9.97. The van der Waals surface area contributed by atoms with E-state index in [4.69, 9.17) is 4.42 Å². The normalized spacial score (nSPS) is 11.9. The highest BCUT2D eigenvalue weighted by Crippen LogP contribution is 2.42. The van der Waals surface area contributed by atoms with Crippen LogP contribution in [-0.2, 0) is 16.4 Å². The molecule has 0 radical (unpaired) electrons. The third-order valence-electron chi connectivity index (χ3n) is 6.93. The first-order valence-electron chi connectivity index (χ1n) is 13.5. The minimum absolute atomic E-state index is 0.0479. The van der Waals surface area contributed by atoms with Crippen molar-refractivity contribution in [3.63, 3.8) is 0 Å². The molecule has 15 heteroatoms. The van der Waals surface area contributed by atoms with Crippen LogP contribution in [0, 0.1) is 26.6 Å². The van der Waals surface area contributed by atoms with E-state index in [9.17, 15) is 31.1 Å². The van der Waals surface area contributed by atoms with Crippen LogP contribution >= 0.6 is 0 Å². The van der Waals surface area contributed by atoms with Crippen LogP contribution in [0.25, 0.3) is 39.4 Å². The van der Waals surface area contributed by atoms with Gasteiger partial charge in [-0.25, -0.2) is 22.8 Å². The molecule has 0 aliphatic carbocycles. The molecule has 0 spiro atoms. The molecule has 0 fully saturated rings. The number of hydrogen-bond acceptors (Lipinski definition) is 8. The van der Waals surface area contributed by atoms with E-state index < -0.39 is 47.0 Å². The highest BCUT2D eigenvalue weighted by atomic mass is 32.2. The van der Waals surface area contributed by atoms with Crippen LogP contribution in [0.2, 0.25) is 0 Å². The molecule has 0 aliphatic heterocycles. The average molecular weight is 664 g/mol. The molecule has 0 saturated heterocycles. The number of aliphatic hydroxyl groups is 1. The fourth-order valence-electron chi connectivity index (χ4n) is 5.08. The van der Waals surface area contributed by atoms with Gasteiger partial charge in [0.05, 0.1) is 22.9 Å². The van der Waals surface area contributed by atoms with Crippen molar-refractivity contribution in [2.75, 3.05) is 6.26 Å². The maximum Gasteiger partial charge on any atom is 0.387 e. The van der Waals surface area contributed by atoms with Gasteiger partial charge in [0, 0.05) is 36.1 Å². The summed E-state index contributed by atoms with van der Waals surface area (Å²) in [5.74, 6) is -1.43. The second kappa shape index (κ2) is 12.6. The predicted octanol–water partition coefficient (Wildman–Crippen LogP) is 7.02. The lowest BCUT2D eigenvalue weighted by Crippen LogP contribution is -2.07. The highest BCUT2D eigenvalue weighted by molar-refractivity contribution is 7.90. The molecule has 5 aromatic rings. The lowest BCUT2D eigenvalue weighted by molar-refractivity contribution is -0.0692. The summed E-state index contributed by atoms with van der Waals surface area (Å²) in [6.07, 6.45) is 2.65. The summed E-state index contributed by atoms with van der Waals surface area (Å²) in [6.45, 7) is -2.41. The van der Waals surface area contributed by atoms with Gasteiger partial charge >= 0.3 is 13.2 Å². The Labute approximate surface area is 259 Å². The quantitative estimate of drug-likeness (QED) is 0.159. The van der Waals surface area contributed by atoms with Crippen LogP contribution in [-0.4, -0.2) is 47.5 Å². The number of oxazole rings is 1. The number of aromatic nitrogens is 3. The number of ether oxygens (including phenoxy) is 2. The molecule has 0 atom stereocenters. The van der Waals surface area contributed by atoms with Crippen molar-refractivity contribution in [2.24, 2.45) is 0 Å². The minimum atomic E-state index is -3.94. The Bertz CT molecular complexity index is 2040. The van der Waals surface area contributed by atoms with Crippen molar-refractivity contribution in [3.05, 3.63) is 83.5 Å². The van der Waals surface area contributed by atoms with Crippen LogP contribution in [0.1, 0.15) is 23.0 Å². The van der Waals surface area contributed by atoms with E-state index in [-0.39, 0.29) is 38.9 Å². The Hall–Kier alpha value is -4.76. The van der Waals surface area contributed by atoms with E-state index in [1.807, 2.05) is 0 Å². The van der Waals surface area contributed by atoms with E-state index in [1.165, 1.54) is 19.1 Å². The second-order valence-corrected chi connectivity index (χ2v) is 12.2. The van der Waals surface area contributed by atoms with Gasteiger partial charge < -0.3 is 23.6 Å². The molecule has 1 N–H and O–H groups in total. The molecule has 9 nitrogen and oxygen atoms in total. The van der Waals surface area contributed by atoms with Crippen molar-refractivity contribution in [1.82, 2.24) is 14.5 Å². The van der Waals surface area contributed by atoms with Gasteiger partial charge in [-0.3, -0.25) is 0 Å². The molecule has 0 amide bonds. The molecule has 5 rings (SSSR count). The zero-order chi connectivity index (χ0) is 33.5. The first kappa shape index (κ1) is 32.6. The molecule has 242 valence electrons. The van der Waals surface area contributed by atoms with Crippen molar-refractivity contribution in [3.8, 4) is 50.9 Å². The standard InChI is InChI=1S/C31H26F5N3O6S/c1-15-13-39(16(2)37-15)24-7-5-18(20-10-23(32)22(14-40)27(12-20)46(4,41)42)9-21(24)28-29(43-17(3)38-28)19-6-8-25(44-30(33)34)26(11-19)45-31(35)36/h5-13,30-31,40H,14H2,1-4H3. The average Bonchev–Trinajstić information content (AvgIpc) is 3.52. The first-order valence-corrected chi connectivity index (χ1v) is 15.4. The monoisotopic (exact) mass is 663 g/mol. The SMILES string of the molecule is Cc1cn(-c2ccc(-c3cc(F)c(CO)c(S(C)(=O)=O)c3)cc2-c2nc(C)oc2-c2ccc(OC(F)F)c(OC(F)F)c2)c(C)n1. The topological polar surface area (TPSA) is 117 Å². The van der Waals surface area contributed by atoms with Gasteiger partial charge in [-0.2, -0.15) is 17.6 Å². The Morgan fingerprint density at radius 1 is 0.891 bits per heavy atom. The molecule has 0 bridgehead atoms. The fourth-order valence-corrected chi connectivity index (χ4v) is 6.03. The van der Waals surface area contributed by atoms with E-state index in [0.717, 1.165) is 24.5 Å². The zero-order valence-corrected chi connectivity index (χ0v) is 25.5. The van der Waals surface area contributed by atoms with Crippen LogP contribution in [0.15, 0.2) is 64.0 Å². The number of aryl methyl sites for hydroxylation is 3. The zero-order valence-electron chi connectivity index (χ0n) is 24.7. The van der Waals surface area contributed by atoms with Gasteiger partial charge in [-0.05, 0) is 67.4 Å². The Morgan fingerprint density at radius 2 is 1.57 bits per heavy atom. The summed E-state index contributed by atoms with van der Waals surface area (Å²) >= 11 is 0. The van der Waals surface area contributed by atoms with Gasteiger partial charge in [-0.15, -0.1) is 0 Å². The van der Waals surface area contributed by atoms with Crippen molar-refractivity contribution in [1.29, 1.82) is 0 Å². The van der Waals surface area contributed by atoms with Crippen LogP contribution < -0.4 is 9.47 Å². The fraction of sp³-hybridized carbons (Fsp3) is 0.226. The third-order valence-corrected chi connectivity index (χ3v) is 8.09. The number of imidazole rings is 1. The number of halogens is 5. The molecule has 0 saturated carbocycles. The van der Waals surface area contributed by atoms with Crippen LogP contribution in [0.4, 0.5) is 22.0 Å². The lowest BCUT2D eigenvalue weighted by Gasteiger charge is -2.16. The van der Waals surface area contributed by atoms with Gasteiger partial charge in [0.2, 0.25) is 0 Å². The summed E-state index contributed by atoms with van der Waals surface area (Å²) in [4.78, 5) is 8.60. The number of hydrogen-bond donors (Lipinski definition) is 1. The van der Waals surface area contributed by atoms with E-state index in [0.29, 0.717) is 28.3 Å². The van der Waals surface area contributed by atoms with Crippen molar-refractivity contribution < 1.29 is 49.4 Å². The number of alkyl halides is 4. The second-order valence-electron chi connectivity index (χ2n) is 10.2. The summed E-state index contributed by atoms with van der Waals surface area (Å²) in [5.41, 5.74) is 2.05. The van der Waals surface area contributed by atoms with E-state index in [2.05, 4.69) is 19.4 Å². The Kier molecular flexibility index (Phi) is 8.91. The summed E-state index contributed by atoms with van der Waals surface area (Å²) < 4.78 is 109. The van der Waals surface area contributed by atoms with Crippen LogP contribution in [0.5, 0.6) is 11.5 Å². The largest absolute Gasteiger partial charge is 0.440 e. The molecular weight excluding hydrogens is 637 g/mol. The number of sulfone groups is 1. The smallest absolute Gasteiger partial charge is 0.387 e. The molecule has 0 aliphatic rings. The number of aliphatic hydroxyl groups excluding tert-OH is 1. The van der Waals surface area contributed by atoms with Crippen LogP contribution in [0.3, 0.4) is 0 Å². The molecule has 0 unspecified atom stereocenters. The van der Waals surface area contributed by atoms with Crippen molar-refractivity contribution >= 4 is 9.84 Å². The Balaban J connectivity index is 1.77. The van der Waals surface area contributed by atoms with E-state index in [1.54, 1.807) is 42.8 Å². The molecule has 3 aromatic carbocycles. The number of nitrogens with zero attached hydrogens (tertiary/aromatic N) is 3. The maximum absolute atomic E-state index is 15.1. The highest BCUT2D eigenvalue weighted by Gasteiger charge is 2.25. The molecule has 46 heavy (non-hydrogen) atoms. The number of rotatable bonds is 10. The maximum atomic E-state index is 15.1. The van der Waals surface area contributed by atoms with E-state index >= 15 is 4.39 Å². The first-order chi connectivity index (χ1) is 21.7. The summed E-state index contributed by atoms with van der Waals surface area (Å²) in [5, 5.41) is 9.65.